The van der Waals surface area contributed by atoms with E-state index in [1.165, 1.54) is 0 Å². The van der Waals surface area contributed by atoms with Crippen LogP contribution in [0.2, 0.25) is 0 Å². The summed E-state index contributed by atoms with van der Waals surface area (Å²) >= 11 is 0. The zero-order chi connectivity index (χ0) is 14.6. The van der Waals surface area contributed by atoms with Crippen LogP contribution in [-0.4, -0.2) is 62.7 Å². The van der Waals surface area contributed by atoms with Crippen LogP contribution in [0.1, 0.15) is 33.0 Å². The number of nitrogens with zero attached hydrogens (tertiary/aromatic N) is 4. The summed E-state index contributed by atoms with van der Waals surface area (Å²) in [5, 5.41) is 14.8. The highest BCUT2D eigenvalue weighted by molar-refractivity contribution is 4.97. The standard InChI is InChI=1S/C14H26N4O2/c1-4-5-18-13(15-11-16-18)10-12(19)14(2,3)17-6-8-20-9-7-17/h11-12,19H,4-10H2,1-3H3. The third-order valence-corrected chi connectivity index (χ3v) is 4.15. The van der Waals surface area contributed by atoms with Crippen molar-refractivity contribution >= 4 is 0 Å². The van der Waals surface area contributed by atoms with Crippen molar-refractivity contribution in [1.29, 1.82) is 0 Å². The molecule has 6 heteroatoms. The van der Waals surface area contributed by atoms with Crippen molar-refractivity contribution in [2.75, 3.05) is 26.3 Å². The van der Waals surface area contributed by atoms with Crippen molar-refractivity contribution in [2.24, 2.45) is 0 Å². The Hall–Kier alpha value is -0.980. The normalized spacial score (nSPS) is 19.2. The zero-order valence-electron chi connectivity index (χ0n) is 12.7. The molecule has 114 valence electrons. The second kappa shape index (κ2) is 6.65. The topological polar surface area (TPSA) is 63.4 Å². The summed E-state index contributed by atoms with van der Waals surface area (Å²) < 4.78 is 7.27. The van der Waals surface area contributed by atoms with E-state index in [4.69, 9.17) is 4.74 Å². The van der Waals surface area contributed by atoms with Crippen LogP contribution in [0.5, 0.6) is 0 Å². The van der Waals surface area contributed by atoms with Gasteiger partial charge in [-0.25, -0.2) is 4.98 Å². The lowest BCUT2D eigenvalue weighted by atomic mass is 9.91. The van der Waals surface area contributed by atoms with E-state index >= 15 is 0 Å². The molecule has 1 aromatic rings. The highest BCUT2D eigenvalue weighted by atomic mass is 16.5. The maximum Gasteiger partial charge on any atom is 0.138 e. The van der Waals surface area contributed by atoms with Crippen LogP contribution >= 0.6 is 0 Å². The van der Waals surface area contributed by atoms with Gasteiger partial charge < -0.3 is 9.84 Å². The second-order valence-corrected chi connectivity index (χ2v) is 5.87. The van der Waals surface area contributed by atoms with E-state index in [0.717, 1.165) is 45.1 Å². The number of morpholine rings is 1. The molecular formula is C14H26N4O2. The molecular weight excluding hydrogens is 256 g/mol. The summed E-state index contributed by atoms with van der Waals surface area (Å²) in [7, 11) is 0. The van der Waals surface area contributed by atoms with Gasteiger partial charge in [-0.15, -0.1) is 0 Å². The Bertz CT molecular complexity index is 413. The van der Waals surface area contributed by atoms with Gasteiger partial charge in [-0.1, -0.05) is 6.92 Å². The number of hydrogen-bond acceptors (Lipinski definition) is 5. The first-order chi connectivity index (χ1) is 9.55. The first-order valence-electron chi connectivity index (χ1n) is 7.43. The molecule has 1 atom stereocenters. The van der Waals surface area contributed by atoms with E-state index in [1.807, 2.05) is 4.68 Å². The van der Waals surface area contributed by atoms with Gasteiger partial charge in [-0.3, -0.25) is 9.58 Å². The Morgan fingerprint density at radius 1 is 1.40 bits per heavy atom. The first kappa shape index (κ1) is 15.4. The number of ether oxygens (including phenoxy) is 1. The summed E-state index contributed by atoms with van der Waals surface area (Å²) in [5.41, 5.74) is -0.285. The lowest BCUT2D eigenvalue weighted by Gasteiger charge is -2.43. The van der Waals surface area contributed by atoms with Gasteiger partial charge in [0, 0.05) is 31.6 Å². The molecule has 1 aromatic heterocycles. The Morgan fingerprint density at radius 2 is 2.10 bits per heavy atom. The minimum absolute atomic E-state index is 0.285. The molecule has 0 amide bonds. The van der Waals surface area contributed by atoms with E-state index < -0.39 is 6.10 Å². The lowest BCUT2D eigenvalue weighted by molar-refractivity contribution is -0.0619. The molecule has 0 spiro atoms. The third-order valence-electron chi connectivity index (χ3n) is 4.15. The Morgan fingerprint density at radius 3 is 2.75 bits per heavy atom. The molecule has 2 heterocycles. The molecule has 2 rings (SSSR count). The third kappa shape index (κ3) is 3.37. The Labute approximate surface area is 120 Å². The maximum absolute atomic E-state index is 10.6. The molecule has 1 aliphatic heterocycles. The van der Waals surface area contributed by atoms with Gasteiger partial charge in [0.25, 0.3) is 0 Å². The van der Waals surface area contributed by atoms with Crippen molar-refractivity contribution in [3.63, 3.8) is 0 Å². The van der Waals surface area contributed by atoms with Crippen LogP contribution < -0.4 is 0 Å². The summed E-state index contributed by atoms with van der Waals surface area (Å²) in [6, 6.07) is 0. The monoisotopic (exact) mass is 282 g/mol. The van der Waals surface area contributed by atoms with Crippen LogP contribution in [-0.2, 0) is 17.7 Å². The quantitative estimate of drug-likeness (QED) is 0.832. The molecule has 0 aromatic carbocycles. The molecule has 0 saturated carbocycles. The average Bonchev–Trinajstić information content (AvgIpc) is 2.87. The molecule has 6 nitrogen and oxygen atoms in total. The first-order valence-corrected chi connectivity index (χ1v) is 7.43. The van der Waals surface area contributed by atoms with Gasteiger partial charge >= 0.3 is 0 Å². The number of aromatic nitrogens is 3. The SMILES string of the molecule is CCCn1ncnc1CC(O)C(C)(C)N1CCOCC1. The van der Waals surface area contributed by atoms with Crippen LogP contribution in [0.3, 0.4) is 0 Å². The van der Waals surface area contributed by atoms with E-state index in [1.54, 1.807) is 6.33 Å². The Kier molecular flexibility index (Phi) is 5.12. The lowest BCUT2D eigenvalue weighted by Crippen LogP contribution is -2.56. The molecule has 1 saturated heterocycles. The predicted octanol–water partition coefficient (Wildman–Crippen LogP) is 0.702. The summed E-state index contributed by atoms with van der Waals surface area (Å²) in [6.45, 7) is 10.3. The van der Waals surface area contributed by atoms with Crippen molar-refractivity contribution in [3.8, 4) is 0 Å². The molecule has 0 bridgehead atoms. The molecule has 1 unspecified atom stereocenters. The number of aliphatic hydroxyl groups is 1. The van der Waals surface area contributed by atoms with Gasteiger partial charge in [-0.2, -0.15) is 5.10 Å². The van der Waals surface area contributed by atoms with E-state index in [-0.39, 0.29) is 5.54 Å². The van der Waals surface area contributed by atoms with Gasteiger partial charge in [0.1, 0.15) is 12.2 Å². The van der Waals surface area contributed by atoms with E-state index in [9.17, 15) is 5.11 Å². The van der Waals surface area contributed by atoms with Crippen molar-refractivity contribution < 1.29 is 9.84 Å². The van der Waals surface area contributed by atoms with Crippen LogP contribution in [0.4, 0.5) is 0 Å². The van der Waals surface area contributed by atoms with Gasteiger partial charge in [0.15, 0.2) is 0 Å². The second-order valence-electron chi connectivity index (χ2n) is 5.87. The molecule has 1 N–H and O–H groups in total. The van der Waals surface area contributed by atoms with Gasteiger partial charge in [-0.05, 0) is 20.3 Å². The van der Waals surface area contributed by atoms with Crippen LogP contribution in [0.15, 0.2) is 6.33 Å². The van der Waals surface area contributed by atoms with Gasteiger partial charge in [0.05, 0.1) is 19.3 Å². The minimum atomic E-state index is -0.472. The molecule has 0 radical (unpaired) electrons. The molecule has 0 aliphatic carbocycles. The number of aliphatic hydroxyl groups excluding tert-OH is 1. The zero-order valence-corrected chi connectivity index (χ0v) is 12.7. The molecule has 20 heavy (non-hydrogen) atoms. The van der Waals surface area contributed by atoms with Crippen molar-refractivity contribution in [3.05, 3.63) is 12.2 Å². The van der Waals surface area contributed by atoms with Crippen molar-refractivity contribution in [1.82, 2.24) is 19.7 Å². The number of hydrogen-bond donors (Lipinski definition) is 1. The van der Waals surface area contributed by atoms with Crippen LogP contribution in [0, 0.1) is 0 Å². The fourth-order valence-corrected chi connectivity index (χ4v) is 2.62. The summed E-state index contributed by atoms with van der Waals surface area (Å²) in [4.78, 5) is 6.58. The highest BCUT2D eigenvalue weighted by Gasteiger charge is 2.35. The average molecular weight is 282 g/mol. The van der Waals surface area contributed by atoms with E-state index in [2.05, 4.69) is 35.8 Å². The molecule has 1 aliphatic rings. The van der Waals surface area contributed by atoms with E-state index in [0.29, 0.717) is 6.42 Å². The molecule has 1 fully saturated rings. The fraction of sp³-hybridized carbons (Fsp3) is 0.857. The summed E-state index contributed by atoms with van der Waals surface area (Å²) in [5.74, 6) is 0.862. The largest absolute Gasteiger partial charge is 0.391 e. The predicted molar refractivity (Wildman–Crippen MR) is 76.5 cm³/mol. The number of rotatable bonds is 6. The number of aryl methyl sites for hydroxylation is 1. The maximum atomic E-state index is 10.6. The van der Waals surface area contributed by atoms with Crippen LogP contribution in [0.25, 0.3) is 0 Å². The van der Waals surface area contributed by atoms with Gasteiger partial charge in [0.2, 0.25) is 0 Å². The highest BCUT2D eigenvalue weighted by Crippen LogP contribution is 2.22. The van der Waals surface area contributed by atoms with Crippen molar-refractivity contribution in [2.45, 2.75) is 51.8 Å². The smallest absolute Gasteiger partial charge is 0.138 e. The minimum Gasteiger partial charge on any atom is -0.391 e. The Balaban J connectivity index is 2.02. The summed E-state index contributed by atoms with van der Waals surface area (Å²) in [6.07, 6.45) is 2.64. The fourth-order valence-electron chi connectivity index (χ4n) is 2.62.